The van der Waals surface area contributed by atoms with E-state index in [2.05, 4.69) is 10.2 Å². The first-order valence-corrected chi connectivity index (χ1v) is 8.34. The second-order valence-electron chi connectivity index (χ2n) is 5.29. The number of rotatable bonds is 5. The third kappa shape index (κ3) is 3.67. The number of hydrogen-bond acceptors (Lipinski definition) is 7. The van der Waals surface area contributed by atoms with Crippen LogP contribution in [0.2, 0.25) is 0 Å². The summed E-state index contributed by atoms with van der Waals surface area (Å²) < 4.78 is 16.2. The summed E-state index contributed by atoms with van der Waals surface area (Å²) in [6.07, 6.45) is 3.56. The standard InChI is InChI=1S/C16H18N2O4S/c1-20-11-7-10(8-12(9-11)21-2)15-17-18-16(22-15)23-14-6-4-3-5-13(14)19/h7-9,14H,3-6H2,1-2H3/t14-/m1/s1. The highest BCUT2D eigenvalue weighted by atomic mass is 32.2. The Balaban J connectivity index is 1.80. The van der Waals surface area contributed by atoms with Gasteiger partial charge in [0.2, 0.25) is 5.89 Å². The third-order valence-corrected chi connectivity index (χ3v) is 4.90. The molecular weight excluding hydrogens is 316 g/mol. The van der Waals surface area contributed by atoms with Crippen LogP contribution in [0.3, 0.4) is 0 Å². The summed E-state index contributed by atoms with van der Waals surface area (Å²) in [7, 11) is 3.17. The van der Waals surface area contributed by atoms with Crippen molar-refractivity contribution in [3.05, 3.63) is 18.2 Å². The lowest BCUT2D eigenvalue weighted by Crippen LogP contribution is -2.21. The number of ketones is 1. The number of thioether (sulfide) groups is 1. The van der Waals surface area contributed by atoms with E-state index in [1.807, 2.05) is 0 Å². The van der Waals surface area contributed by atoms with E-state index in [-0.39, 0.29) is 11.0 Å². The van der Waals surface area contributed by atoms with Crippen molar-refractivity contribution in [1.82, 2.24) is 10.2 Å². The summed E-state index contributed by atoms with van der Waals surface area (Å²) in [5, 5.41) is 8.46. The fourth-order valence-electron chi connectivity index (χ4n) is 2.50. The van der Waals surface area contributed by atoms with E-state index in [0.29, 0.717) is 29.0 Å². The van der Waals surface area contributed by atoms with E-state index in [1.54, 1.807) is 32.4 Å². The van der Waals surface area contributed by atoms with Crippen molar-refractivity contribution < 1.29 is 18.7 Å². The van der Waals surface area contributed by atoms with E-state index >= 15 is 0 Å². The molecule has 3 rings (SSSR count). The van der Waals surface area contributed by atoms with E-state index in [1.165, 1.54) is 11.8 Å². The van der Waals surface area contributed by atoms with Gasteiger partial charge >= 0.3 is 0 Å². The van der Waals surface area contributed by atoms with E-state index in [4.69, 9.17) is 13.9 Å². The van der Waals surface area contributed by atoms with Gasteiger partial charge in [-0.25, -0.2) is 0 Å². The zero-order chi connectivity index (χ0) is 16.2. The number of ether oxygens (including phenoxy) is 2. The van der Waals surface area contributed by atoms with Gasteiger partial charge in [-0.2, -0.15) is 0 Å². The highest BCUT2D eigenvalue weighted by Crippen LogP contribution is 2.34. The van der Waals surface area contributed by atoms with Gasteiger partial charge in [0.25, 0.3) is 5.22 Å². The van der Waals surface area contributed by atoms with Crippen LogP contribution in [0.1, 0.15) is 25.7 Å². The molecule has 0 spiro atoms. The number of carbonyl (C=O) groups is 1. The summed E-state index contributed by atoms with van der Waals surface area (Å²) in [4.78, 5) is 11.9. The molecule has 0 radical (unpaired) electrons. The van der Waals surface area contributed by atoms with E-state index in [9.17, 15) is 4.79 Å². The molecule has 0 aliphatic heterocycles. The topological polar surface area (TPSA) is 74.5 Å². The lowest BCUT2D eigenvalue weighted by molar-refractivity contribution is -0.119. The number of methoxy groups -OCH3 is 2. The van der Waals surface area contributed by atoms with Crippen molar-refractivity contribution in [3.63, 3.8) is 0 Å². The van der Waals surface area contributed by atoms with Crippen molar-refractivity contribution >= 4 is 17.5 Å². The van der Waals surface area contributed by atoms with Crippen molar-refractivity contribution in [3.8, 4) is 23.0 Å². The number of nitrogens with zero attached hydrogens (tertiary/aromatic N) is 2. The lowest BCUT2D eigenvalue weighted by Gasteiger charge is -2.17. The fraction of sp³-hybridized carbons (Fsp3) is 0.438. The van der Waals surface area contributed by atoms with Crippen LogP contribution in [0.4, 0.5) is 0 Å². The van der Waals surface area contributed by atoms with Crippen molar-refractivity contribution in [2.45, 2.75) is 36.2 Å². The molecule has 1 aromatic carbocycles. The van der Waals surface area contributed by atoms with E-state index < -0.39 is 0 Å². The second-order valence-corrected chi connectivity index (χ2v) is 6.45. The highest BCUT2D eigenvalue weighted by molar-refractivity contribution is 8.00. The maximum Gasteiger partial charge on any atom is 0.277 e. The maximum absolute atomic E-state index is 11.9. The van der Waals surface area contributed by atoms with Crippen LogP contribution in [0, 0.1) is 0 Å². The van der Waals surface area contributed by atoms with Crippen molar-refractivity contribution in [2.24, 2.45) is 0 Å². The molecule has 122 valence electrons. The van der Waals surface area contributed by atoms with Gasteiger partial charge < -0.3 is 13.9 Å². The molecule has 0 amide bonds. The summed E-state index contributed by atoms with van der Waals surface area (Å²) in [5.41, 5.74) is 0.718. The molecule has 0 saturated heterocycles. The quantitative estimate of drug-likeness (QED) is 0.830. The van der Waals surface area contributed by atoms with Crippen LogP contribution >= 0.6 is 11.8 Å². The lowest BCUT2D eigenvalue weighted by atomic mass is 9.99. The normalized spacial score (nSPS) is 18.0. The molecule has 1 heterocycles. The number of benzene rings is 1. The second kappa shape index (κ2) is 7.04. The first kappa shape index (κ1) is 15.9. The van der Waals surface area contributed by atoms with Crippen molar-refractivity contribution in [1.29, 1.82) is 0 Å². The molecule has 0 bridgehead atoms. The smallest absolute Gasteiger partial charge is 0.277 e. The molecule has 1 aromatic heterocycles. The molecule has 1 atom stereocenters. The van der Waals surface area contributed by atoms with Crippen LogP contribution in [0.15, 0.2) is 27.8 Å². The summed E-state index contributed by atoms with van der Waals surface area (Å²) in [5.74, 6) is 1.94. The molecule has 1 fully saturated rings. The Hall–Kier alpha value is -2.02. The van der Waals surface area contributed by atoms with Gasteiger partial charge in [-0.15, -0.1) is 10.2 Å². The van der Waals surface area contributed by atoms with Crippen molar-refractivity contribution in [2.75, 3.05) is 14.2 Å². The van der Waals surface area contributed by atoms with Crippen LogP contribution in [-0.2, 0) is 4.79 Å². The molecule has 1 aliphatic rings. The van der Waals surface area contributed by atoms with Crippen LogP contribution in [-0.4, -0.2) is 35.5 Å². The van der Waals surface area contributed by atoms with Gasteiger partial charge in [-0.3, -0.25) is 4.79 Å². The summed E-state index contributed by atoms with van der Waals surface area (Å²) >= 11 is 1.36. The van der Waals surface area contributed by atoms with Crippen LogP contribution in [0.5, 0.6) is 11.5 Å². The number of Topliss-reactive ketones (excluding diaryl/α,β-unsaturated/α-hetero) is 1. The molecular formula is C16H18N2O4S. The Kier molecular flexibility index (Phi) is 4.85. The van der Waals surface area contributed by atoms with Gasteiger partial charge in [0, 0.05) is 18.1 Å². The van der Waals surface area contributed by atoms with Crippen LogP contribution in [0.25, 0.3) is 11.5 Å². The number of carbonyl (C=O) groups excluding carboxylic acids is 1. The van der Waals surface area contributed by atoms with Gasteiger partial charge in [-0.05, 0) is 25.0 Å². The largest absolute Gasteiger partial charge is 0.497 e. The number of aromatic nitrogens is 2. The zero-order valence-corrected chi connectivity index (χ0v) is 13.9. The first-order valence-electron chi connectivity index (χ1n) is 7.46. The van der Waals surface area contributed by atoms with E-state index in [0.717, 1.165) is 24.8 Å². The monoisotopic (exact) mass is 334 g/mol. The molecule has 6 nitrogen and oxygen atoms in total. The maximum atomic E-state index is 11.9. The fourth-order valence-corrected chi connectivity index (χ4v) is 3.49. The Morgan fingerprint density at radius 1 is 1.13 bits per heavy atom. The molecule has 23 heavy (non-hydrogen) atoms. The highest BCUT2D eigenvalue weighted by Gasteiger charge is 2.25. The van der Waals surface area contributed by atoms with Crippen LogP contribution < -0.4 is 9.47 Å². The minimum atomic E-state index is -0.0723. The molecule has 1 saturated carbocycles. The Bertz CT molecular complexity index is 679. The van der Waals surface area contributed by atoms with Gasteiger partial charge in [0.1, 0.15) is 17.3 Å². The van der Waals surface area contributed by atoms with Gasteiger partial charge in [-0.1, -0.05) is 18.2 Å². The third-order valence-electron chi connectivity index (χ3n) is 3.75. The van der Waals surface area contributed by atoms with Gasteiger partial charge in [0.05, 0.1) is 19.5 Å². The van der Waals surface area contributed by atoms with Gasteiger partial charge in [0.15, 0.2) is 0 Å². The average molecular weight is 334 g/mol. The molecule has 0 unspecified atom stereocenters. The first-order chi connectivity index (χ1) is 11.2. The summed E-state index contributed by atoms with van der Waals surface area (Å²) in [6, 6.07) is 5.38. The molecule has 0 N–H and O–H groups in total. The number of hydrogen-bond donors (Lipinski definition) is 0. The minimum Gasteiger partial charge on any atom is -0.497 e. The molecule has 1 aliphatic carbocycles. The SMILES string of the molecule is COc1cc(OC)cc(-c2nnc(S[C@@H]3CCCCC3=O)o2)c1. The summed E-state index contributed by atoms with van der Waals surface area (Å²) in [6.45, 7) is 0. The predicted molar refractivity (Wildman–Crippen MR) is 86.0 cm³/mol. The Morgan fingerprint density at radius 3 is 2.52 bits per heavy atom. The average Bonchev–Trinajstić information content (AvgIpc) is 3.05. The molecule has 7 heteroatoms. The molecule has 2 aromatic rings. The predicted octanol–water partition coefficient (Wildman–Crippen LogP) is 3.36. The zero-order valence-electron chi connectivity index (χ0n) is 13.1. The Labute approximate surface area is 138 Å². The minimum absolute atomic E-state index is 0.0723. The Morgan fingerprint density at radius 2 is 1.87 bits per heavy atom.